The summed E-state index contributed by atoms with van der Waals surface area (Å²) < 4.78 is 5.04. The predicted molar refractivity (Wildman–Crippen MR) is 42.9 cm³/mol. The Hall–Kier alpha value is -1.06. The topological polar surface area (TPSA) is 63.6 Å². The van der Waals surface area contributed by atoms with Crippen molar-refractivity contribution in [3.63, 3.8) is 0 Å². The van der Waals surface area contributed by atoms with Crippen molar-refractivity contribution >= 4 is 11.9 Å². The maximum absolute atomic E-state index is 10.7. The van der Waals surface area contributed by atoms with Gasteiger partial charge in [-0.3, -0.25) is 9.59 Å². The van der Waals surface area contributed by atoms with Crippen LogP contribution in [0.3, 0.4) is 0 Å². The number of esters is 1. The molecule has 13 heavy (non-hydrogen) atoms. The molecule has 0 saturated heterocycles. The molecule has 0 aromatic rings. The first-order valence-electron chi connectivity index (χ1n) is 4.49. The van der Waals surface area contributed by atoms with Gasteiger partial charge in [0, 0.05) is 12.8 Å². The number of aliphatic carboxylic acids is 1. The maximum Gasteiger partial charge on any atom is 0.307 e. The average Bonchev–Trinajstić information content (AvgIpc) is 2.39. The molecular formula is C9H12O4. The zero-order valence-corrected chi connectivity index (χ0v) is 7.40. The first-order chi connectivity index (χ1) is 6.09. The van der Waals surface area contributed by atoms with E-state index in [1.165, 1.54) is 6.92 Å². The van der Waals surface area contributed by atoms with Crippen molar-refractivity contribution in [3.8, 4) is 0 Å². The summed E-state index contributed by atoms with van der Waals surface area (Å²) in [6, 6.07) is 0. The van der Waals surface area contributed by atoms with Gasteiger partial charge in [0.25, 0.3) is 0 Å². The quantitative estimate of drug-likeness (QED) is 0.640. The molecule has 0 heterocycles. The lowest BCUT2D eigenvalue weighted by atomic mass is 9.72. The number of fused-ring (bicyclic) bond motifs is 1. The third-order valence-corrected chi connectivity index (χ3v) is 3.16. The summed E-state index contributed by atoms with van der Waals surface area (Å²) in [5.41, 5.74) is 0. The number of carboxylic acid groups (broad SMARTS) is 1. The lowest BCUT2D eigenvalue weighted by molar-refractivity contribution is -0.155. The predicted octanol–water partition coefficient (Wildman–Crippen LogP) is 0.659. The minimum absolute atomic E-state index is 0.0754. The van der Waals surface area contributed by atoms with Crippen LogP contribution in [0.2, 0.25) is 0 Å². The summed E-state index contributed by atoms with van der Waals surface area (Å²) in [5, 5.41) is 8.83. The molecular weight excluding hydrogens is 172 g/mol. The van der Waals surface area contributed by atoms with Crippen molar-refractivity contribution in [1.29, 1.82) is 0 Å². The van der Waals surface area contributed by atoms with Crippen molar-refractivity contribution in [1.82, 2.24) is 0 Å². The van der Waals surface area contributed by atoms with Gasteiger partial charge in [0.15, 0.2) is 0 Å². The highest BCUT2D eigenvalue weighted by Crippen LogP contribution is 2.54. The molecule has 72 valence electrons. The Morgan fingerprint density at radius 3 is 2.54 bits per heavy atom. The van der Waals surface area contributed by atoms with Gasteiger partial charge < -0.3 is 9.84 Å². The first-order valence-corrected chi connectivity index (χ1v) is 4.49. The van der Waals surface area contributed by atoms with E-state index in [0.29, 0.717) is 0 Å². The van der Waals surface area contributed by atoms with E-state index in [4.69, 9.17) is 9.84 Å². The van der Waals surface area contributed by atoms with E-state index in [9.17, 15) is 9.59 Å². The van der Waals surface area contributed by atoms with E-state index in [1.807, 2.05) is 0 Å². The Morgan fingerprint density at radius 2 is 2.08 bits per heavy atom. The second kappa shape index (κ2) is 2.72. The summed E-state index contributed by atoms with van der Waals surface area (Å²) >= 11 is 0. The van der Waals surface area contributed by atoms with E-state index >= 15 is 0 Å². The number of carbonyl (C=O) groups is 2. The minimum Gasteiger partial charge on any atom is -0.481 e. The molecule has 4 nitrogen and oxygen atoms in total. The van der Waals surface area contributed by atoms with Gasteiger partial charge in [-0.05, 0) is 18.8 Å². The summed E-state index contributed by atoms with van der Waals surface area (Å²) in [6.07, 6.45) is 1.51. The number of hydrogen-bond acceptors (Lipinski definition) is 3. The van der Waals surface area contributed by atoms with Crippen LogP contribution in [-0.4, -0.2) is 23.1 Å². The largest absolute Gasteiger partial charge is 0.481 e. The van der Waals surface area contributed by atoms with Crippen LogP contribution in [0, 0.1) is 17.8 Å². The normalized spacial score (nSPS) is 41.0. The van der Waals surface area contributed by atoms with Crippen LogP contribution >= 0.6 is 0 Å². The monoisotopic (exact) mass is 184 g/mol. The van der Waals surface area contributed by atoms with Gasteiger partial charge in [0.1, 0.15) is 6.10 Å². The summed E-state index contributed by atoms with van der Waals surface area (Å²) in [6.45, 7) is 1.37. The van der Waals surface area contributed by atoms with Crippen LogP contribution in [0.1, 0.15) is 19.8 Å². The third kappa shape index (κ3) is 1.20. The van der Waals surface area contributed by atoms with E-state index in [2.05, 4.69) is 0 Å². The number of carboxylic acids is 1. The highest BCUT2D eigenvalue weighted by molar-refractivity contribution is 5.73. The van der Waals surface area contributed by atoms with Gasteiger partial charge in [-0.1, -0.05) is 0 Å². The van der Waals surface area contributed by atoms with Crippen molar-refractivity contribution in [2.75, 3.05) is 0 Å². The summed E-state index contributed by atoms with van der Waals surface area (Å²) in [4.78, 5) is 21.4. The van der Waals surface area contributed by atoms with Crippen molar-refractivity contribution in [2.45, 2.75) is 25.9 Å². The summed E-state index contributed by atoms with van der Waals surface area (Å²) in [5.74, 6) is -0.986. The molecule has 3 aliphatic carbocycles. The Bertz CT molecular complexity index is 260. The van der Waals surface area contributed by atoms with Gasteiger partial charge in [-0.2, -0.15) is 0 Å². The lowest BCUT2D eigenvalue weighted by Gasteiger charge is -2.32. The number of ether oxygens (including phenoxy) is 1. The number of rotatable bonds is 2. The fourth-order valence-corrected chi connectivity index (χ4v) is 2.63. The fourth-order valence-electron chi connectivity index (χ4n) is 2.63. The molecule has 0 aromatic carbocycles. The maximum atomic E-state index is 10.7. The highest BCUT2D eigenvalue weighted by atomic mass is 16.5. The van der Waals surface area contributed by atoms with Crippen LogP contribution in [-0.2, 0) is 14.3 Å². The van der Waals surface area contributed by atoms with Crippen LogP contribution in [0.25, 0.3) is 0 Å². The van der Waals surface area contributed by atoms with Crippen molar-refractivity contribution < 1.29 is 19.4 Å². The third-order valence-electron chi connectivity index (χ3n) is 3.16. The minimum atomic E-state index is -0.740. The highest BCUT2D eigenvalue weighted by Gasteiger charge is 2.57. The zero-order chi connectivity index (χ0) is 9.59. The second-order valence-electron chi connectivity index (χ2n) is 3.91. The Balaban J connectivity index is 1.99. The Morgan fingerprint density at radius 1 is 1.38 bits per heavy atom. The molecule has 0 unspecified atom stereocenters. The van der Waals surface area contributed by atoms with E-state index < -0.39 is 5.97 Å². The smallest absolute Gasteiger partial charge is 0.307 e. The van der Waals surface area contributed by atoms with E-state index in [1.54, 1.807) is 0 Å². The van der Waals surface area contributed by atoms with Crippen LogP contribution in [0.4, 0.5) is 0 Å². The van der Waals surface area contributed by atoms with Gasteiger partial charge in [-0.25, -0.2) is 0 Å². The van der Waals surface area contributed by atoms with Crippen molar-refractivity contribution in [2.24, 2.45) is 17.8 Å². The molecule has 1 N–H and O–H groups in total. The van der Waals surface area contributed by atoms with Crippen molar-refractivity contribution in [3.05, 3.63) is 0 Å². The molecule has 0 aliphatic heterocycles. The molecule has 0 spiro atoms. The van der Waals surface area contributed by atoms with Gasteiger partial charge in [0.2, 0.25) is 0 Å². The van der Waals surface area contributed by atoms with E-state index in [0.717, 1.165) is 12.8 Å². The van der Waals surface area contributed by atoms with Gasteiger partial charge in [-0.15, -0.1) is 0 Å². The van der Waals surface area contributed by atoms with Gasteiger partial charge >= 0.3 is 11.9 Å². The van der Waals surface area contributed by atoms with Crippen LogP contribution in [0.5, 0.6) is 0 Å². The molecule has 4 atom stereocenters. The fraction of sp³-hybridized carbons (Fsp3) is 0.778. The van der Waals surface area contributed by atoms with Crippen LogP contribution in [0.15, 0.2) is 0 Å². The molecule has 0 aromatic heterocycles. The molecule has 3 fully saturated rings. The lowest BCUT2D eigenvalue weighted by Crippen LogP contribution is -2.37. The molecule has 2 bridgehead atoms. The SMILES string of the molecule is CC(=O)O[C@@H]1C[C@@H]2C[C@H]1[C@@H]2C(=O)O. The molecule has 3 saturated carbocycles. The zero-order valence-electron chi connectivity index (χ0n) is 7.40. The number of carbonyl (C=O) groups excluding carboxylic acids is 1. The molecule has 4 heteroatoms. The summed E-state index contributed by atoms with van der Waals surface area (Å²) in [7, 11) is 0. The average molecular weight is 184 g/mol. The Labute approximate surface area is 75.9 Å². The first kappa shape index (κ1) is 8.53. The molecule has 0 radical (unpaired) electrons. The number of hydrogen-bond donors (Lipinski definition) is 1. The standard InChI is InChI=1S/C9H12O4/c1-4(10)13-7-3-5-2-6(7)8(5)9(11)12/h5-8H,2-3H2,1H3,(H,11,12)/t5-,6+,7+,8+/m0/s1. The second-order valence-corrected chi connectivity index (χ2v) is 3.91. The van der Waals surface area contributed by atoms with Gasteiger partial charge in [0.05, 0.1) is 5.92 Å². The Kier molecular flexibility index (Phi) is 1.78. The molecule has 3 rings (SSSR count). The van der Waals surface area contributed by atoms with E-state index in [-0.39, 0.29) is 29.8 Å². The molecule has 3 aliphatic rings. The van der Waals surface area contributed by atoms with Crippen LogP contribution < -0.4 is 0 Å². The molecule has 0 amide bonds.